The van der Waals surface area contributed by atoms with Crippen LogP contribution in [0, 0.1) is 17.8 Å². The Hall–Kier alpha value is -2.44. The number of aromatic hydroxyl groups is 1. The van der Waals surface area contributed by atoms with Gasteiger partial charge in [0.1, 0.15) is 5.75 Å². The van der Waals surface area contributed by atoms with Gasteiger partial charge in [-0.1, -0.05) is 61.6 Å². The van der Waals surface area contributed by atoms with E-state index in [-0.39, 0.29) is 30.2 Å². The second-order valence-electron chi connectivity index (χ2n) is 10.5. The van der Waals surface area contributed by atoms with Crippen LogP contribution in [0.15, 0.2) is 41.0 Å². The summed E-state index contributed by atoms with van der Waals surface area (Å²) >= 11 is 0. The van der Waals surface area contributed by atoms with E-state index >= 15 is 0 Å². The van der Waals surface area contributed by atoms with Crippen LogP contribution in [0.1, 0.15) is 77.2 Å². The van der Waals surface area contributed by atoms with Crippen LogP contribution in [0.2, 0.25) is 0 Å². The molecule has 4 rings (SSSR count). The van der Waals surface area contributed by atoms with Crippen LogP contribution in [0.4, 0.5) is 0 Å². The number of aliphatic hydroxyl groups excluding tert-OH is 2. The molecule has 1 aromatic carbocycles. The number of likely N-dealkylation sites (tertiary alicyclic amines) is 1. The van der Waals surface area contributed by atoms with Gasteiger partial charge in [0, 0.05) is 17.5 Å². The molecule has 3 N–H and O–H groups in total. The SMILES string of the molecule is CC/C(=C\c1ccccc1O)CC[C@@H](O)C1=C(C)C[C@H]2C(=O)N(C3CCCCC3)C(=O)[C@H]2[C@H]1CO. The number of para-hydroxylation sites is 1. The number of amides is 2. The summed E-state index contributed by atoms with van der Waals surface area (Å²) in [5.41, 5.74) is 3.51. The highest BCUT2D eigenvalue weighted by atomic mass is 16.3. The Bertz CT molecular complexity index is 1010. The second kappa shape index (κ2) is 11.1. The highest BCUT2D eigenvalue weighted by molar-refractivity contribution is 6.06. The monoisotopic (exact) mass is 481 g/mol. The molecule has 3 aliphatic rings. The topological polar surface area (TPSA) is 98.1 Å². The van der Waals surface area contributed by atoms with Gasteiger partial charge >= 0.3 is 0 Å². The number of rotatable bonds is 8. The Morgan fingerprint density at radius 2 is 1.86 bits per heavy atom. The number of phenols is 1. The van der Waals surface area contributed by atoms with Gasteiger partial charge in [-0.15, -0.1) is 0 Å². The van der Waals surface area contributed by atoms with Crippen LogP contribution >= 0.6 is 0 Å². The van der Waals surface area contributed by atoms with Gasteiger partial charge in [0.2, 0.25) is 11.8 Å². The Kier molecular flexibility index (Phi) is 8.12. The summed E-state index contributed by atoms with van der Waals surface area (Å²) in [7, 11) is 0. The lowest BCUT2D eigenvalue weighted by molar-refractivity contribution is -0.143. The fourth-order valence-electron chi connectivity index (χ4n) is 6.50. The first-order valence-corrected chi connectivity index (χ1v) is 13.2. The van der Waals surface area contributed by atoms with Crippen LogP contribution in [-0.4, -0.2) is 50.8 Å². The normalized spacial score (nSPS) is 26.9. The minimum Gasteiger partial charge on any atom is -0.507 e. The fraction of sp³-hybridized carbons (Fsp3) is 0.586. The van der Waals surface area contributed by atoms with Crippen molar-refractivity contribution in [3.05, 3.63) is 46.5 Å². The first-order valence-electron chi connectivity index (χ1n) is 13.2. The zero-order valence-electron chi connectivity index (χ0n) is 20.9. The van der Waals surface area contributed by atoms with Gasteiger partial charge < -0.3 is 15.3 Å². The molecule has 1 saturated carbocycles. The van der Waals surface area contributed by atoms with Gasteiger partial charge in [-0.25, -0.2) is 0 Å². The molecule has 1 aromatic rings. The predicted molar refractivity (Wildman–Crippen MR) is 135 cm³/mol. The quantitative estimate of drug-likeness (QED) is 0.373. The van der Waals surface area contributed by atoms with Gasteiger partial charge in [-0.2, -0.15) is 0 Å². The number of imide groups is 1. The molecule has 1 heterocycles. The highest BCUT2D eigenvalue weighted by Crippen LogP contribution is 2.47. The number of carbonyl (C=O) groups is 2. The third-order valence-electron chi connectivity index (χ3n) is 8.35. The summed E-state index contributed by atoms with van der Waals surface area (Å²) in [6, 6.07) is 7.16. The van der Waals surface area contributed by atoms with E-state index in [9.17, 15) is 24.9 Å². The molecular formula is C29H39NO5. The van der Waals surface area contributed by atoms with Gasteiger partial charge in [-0.3, -0.25) is 14.5 Å². The number of phenolic OH excluding ortho intramolecular Hbond substituents is 1. The maximum absolute atomic E-state index is 13.5. The lowest BCUT2D eigenvalue weighted by atomic mass is 9.68. The van der Waals surface area contributed by atoms with Crippen LogP contribution in [-0.2, 0) is 9.59 Å². The van der Waals surface area contributed by atoms with Gasteiger partial charge in [0.05, 0.1) is 24.5 Å². The van der Waals surface area contributed by atoms with E-state index in [1.807, 2.05) is 32.1 Å². The zero-order chi connectivity index (χ0) is 25.1. The molecule has 2 fully saturated rings. The van der Waals surface area contributed by atoms with Crippen molar-refractivity contribution in [2.45, 2.75) is 83.8 Å². The van der Waals surface area contributed by atoms with E-state index in [1.165, 1.54) is 4.90 Å². The first-order chi connectivity index (χ1) is 16.9. The van der Waals surface area contributed by atoms with Crippen LogP contribution in [0.3, 0.4) is 0 Å². The van der Waals surface area contributed by atoms with Crippen LogP contribution in [0.5, 0.6) is 5.75 Å². The number of nitrogens with zero attached hydrogens (tertiary/aromatic N) is 1. The maximum Gasteiger partial charge on any atom is 0.234 e. The molecule has 4 atom stereocenters. The fourth-order valence-corrected chi connectivity index (χ4v) is 6.50. The molecule has 0 aromatic heterocycles. The highest BCUT2D eigenvalue weighted by Gasteiger charge is 2.55. The molecule has 190 valence electrons. The summed E-state index contributed by atoms with van der Waals surface area (Å²) in [5, 5.41) is 31.7. The number of fused-ring (bicyclic) bond motifs is 1. The molecule has 0 radical (unpaired) electrons. The average molecular weight is 482 g/mol. The largest absolute Gasteiger partial charge is 0.507 e. The average Bonchev–Trinajstić information content (AvgIpc) is 3.11. The molecular weight excluding hydrogens is 442 g/mol. The maximum atomic E-state index is 13.5. The number of allylic oxidation sites excluding steroid dienone is 2. The minimum absolute atomic E-state index is 0.0194. The third-order valence-corrected chi connectivity index (χ3v) is 8.35. The Labute approximate surface area is 208 Å². The van der Waals surface area contributed by atoms with Gasteiger partial charge in [-0.05, 0) is 57.1 Å². The van der Waals surface area contributed by atoms with E-state index in [0.29, 0.717) is 19.3 Å². The van der Waals surface area contributed by atoms with Crippen molar-refractivity contribution in [1.29, 1.82) is 0 Å². The number of hydrogen-bond donors (Lipinski definition) is 3. The Morgan fingerprint density at radius 1 is 1.14 bits per heavy atom. The van der Waals surface area contributed by atoms with Gasteiger partial charge in [0.25, 0.3) is 0 Å². The number of benzene rings is 1. The number of hydrogen-bond acceptors (Lipinski definition) is 5. The predicted octanol–water partition coefficient (Wildman–Crippen LogP) is 4.59. The molecule has 1 saturated heterocycles. The summed E-state index contributed by atoms with van der Waals surface area (Å²) in [6.07, 6.45) is 8.48. The smallest absolute Gasteiger partial charge is 0.234 e. The van der Waals surface area contributed by atoms with Crippen LogP contribution in [0.25, 0.3) is 6.08 Å². The molecule has 2 aliphatic carbocycles. The Balaban J connectivity index is 1.51. The second-order valence-corrected chi connectivity index (χ2v) is 10.5. The van der Waals surface area contributed by atoms with Crippen molar-refractivity contribution in [3.63, 3.8) is 0 Å². The molecule has 2 amide bonds. The number of aliphatic hydroxyl groups is 2. The molecule has 0 spiro atoms. The molecule has 0 bridgehead atoms. The molecule has 35 heavy (non-hydrogen) atoms. The van der Waals surface area contributed by atoms with Crippen LogP contribution < -0.4 is 0 Å². The lowest BCUT2D eigenvalue weighted by Gasteiger charge is -2.35. The van der Waals surface area contributed by atoms with E-state index in [0.717, 1.165) is 60.8 Å². The molecule has 6 nitrogen and oxygen atoms in total. The molecule has 1 aliphatic heterocycles. The van der Waals surface area contributed by atoms with Crippen molar-refractivity contribution in [1.82, 2.24) is 4.90 Å². The standard InChI is InChI=1S/C29H39NO5/c1-3-19(16-20-9-7-8-12-24(20)32)13-14-25(33)26-18(2)15-22-27(23(26)17-31)29(35)30(28(22)34)21-10-5-4-6-11-21/h7-9,12,16,21-23,25,27,31-33H,3-6,10-11,13-15,17H2,1-2H3/b19-16+/t22-,23+,25-,27-/m1/s1. The van der Waals surface area contributed by atoms with E-state index in [2.05, 4.69) is 0 Å². The van der Waals surface area contributed by atoms with Crippen molar-refractivity contribution in [3.8, 4) is 5.75 Å². The summed E-state index contributed by atoms with van der Waals surface area (Å²) in [4.78, 5) is 28.3. The van der Waals surface area contributed by atoms with E-state index < -0.39 is 23.9 Å². The molecule has 0 unspecified atom stereocenters. The minimum atomic E-state index is -0.793. The third kappa shape index (κ3) is 5.10. The zero-order valence-corrected chi connectivity index (χ0v) is 20.9. The van der Waals surface area contributed by atoms with Crippen molar-refractivity contribution < 1.29 is 24.9 Å². The Morgan fingerprint density at radius 3 is 2.51 bits per heavy atom. The summed E-state index contributed by atoms with van der Waals surface area (Å²) in [6.45, 7) is 3.72. The first kappa shape index (κ1) is 25.6. The van der Waals surface area contributed by atoms with Crippen molar-refractivity contribution >= 4 is 17.9 Å². The van der Waals surface area contributed by atoms with Gasteiger partial charge in [0.15, 0.2) is 0 Å². The van der Waals surface area contributed by atoms with Crippen molar-refractivity contribution in [2.75, 3.05) is 6.61 Å². The van der Waals surface area contributed by atoms with E-state index in [4.69, 9.17) is 0 Å². The van der Waals surface area contributed by atoms with Crippen molar-refractivity contribution in [2.24, 2.45) is 17.8 Å². The molecule has 6 heteroatoms. The number of carbonyl (C=O) groups excluding carboxylic acids is 2. The summed E-state index contributed by atoms with van der Waals surface area (Å²) in [5.74, 6) is -1.55. The van der Waals surface area contributed by atoms with E-state index in [1.54, 1.807) is 12.1 Å². The lowest BCUT2D eigenvalue weighted by Crippen LogP contribution is -2.42. The summed E-state index contributed by atoms with van der Waals surface area (Å²) < 4.78 is 0.